The molecule has 0 radical (unpaired) electrons. The Bertz CT molecular complexity index is 66.7. The van der Waals surface area contributed by atoms with E-state index in [0.29, 0.717) is 0 Å². The Morgan fingerprint density at radius 1 is 1.25 bits per heavy atom. The van der Waals surface area contributed by atoms with Gasteiger partial charge in [-0.1, -0.05) is 0 Å². The van der Waals surface area contributed by atoms with E-state index in [1.54, 1.807) is 0 Å². The van der Waals surface area contributed by atoms with Crippen molar-refractivity contribution in [1.82, 2.24) is 0 Å². The van der Waals surface area contributed by atoms with Crippen LogP contribution in [0.4, 0.5) is 0 Å². The molecule has 0 fully saturated rings. The molecule has 0 aliphatic carbocycles. The average Bonchev–Trinajstić information content (AvgIpc) is 0.722. The van der Waals surface area contributed by atoms with E-state index in [1.165, 1.54) is 0 Å². The van der Waals surface area contributed by atoms with E-state index >= 15 is 0 Å². The minimum absolute atomic E-state index is 0. The van der Waals surface area contributed by atoms with Crippen LogP contribution in [0, 0.1) is 0 Å². The third-order valence-corrected chi connectivity index (χ3v) is 0. The van der Waals surface area contributed by atoms with Crippen LogP contribution in [0.25, 0.3) is 0 Å². The first-order valence-corrected chi connectivity index (χ1v) is 2.35. The topological polar surface area (TPSA) is 77.8 Å². The molecule has 0 saturated carbocycles. The first kappa shape index (κ1) is 22.5. The second kappa shape index (κ2) is 9.16. The van der Waals surface area contributed by atoms with Crippen LogP contribution in [0.2, 0.25) is 0 Å². The summed E-state index contributed by atoms with van der Waals surface area (Å²) >= 11 is 0. The number of phosphoric acid groups is 1. The Hall–Kier alpha value is 2.16. The predicted molar refractivity (Wildman–Crippen MR) is 25.3 cm³/mol. The Balaban J connectivity index is -0.0000000133. The fraction of sp³-hybridized carbons (Fsp3) is 0. The smallest absolute Gasteiger partial charge is 1.00 e. The number of rotatable bonds is 0. The summed E-state index contributed by atoms with van der Waals surface area (Å²) in [6.07, 6.45) is 0. The first-order chi connectivity index (χ1) is 2.00. The SMILES string of the molecule is O=P(O)(O)O.[AlH3].[Fe].[H-].[Na+]. The van der Waals surface area contributed by atoms with Gasteiger partial charge in [0, 0.05) is 17.1 Å². The van der Waals surface area contributed by atoms with Crippen LogP contribution in [0.15, 0.2) is 0 Å². The maximum absolute atomic E-state index is 8.88. The van der Waals surface area contributed by atoms with E-state index in [-0.39, 0.29) is 65.4 Å². The van der Waals surface area contributed by atoms with Crippen molar-refractivity contribution in [2.75, 3.05) is 0 Å². The van der Waals surface area contributed by atoms with Gasteiger partial charge in [0.2, 0.25) is 0 Å². The molecular weight excluding hydrogens is 201 g/mol. The van der Waals surface area contributed by atoms with E-state index in [2.05, 4.69) is 0 Å². The predicted octanol–water partition coefficient (Wildman–Crippen LogP) is -5.00. The molecule has 0 rings (SSSR count). The summed E-state index contributed by atoms with van der Waals surface area (Å²) < 4.78 is 8.88. The van der Waals surface area contributed by atoms with Crippen LogP contribution in [-0.2, 0) is 21.6 Å². The van der Waals surface area contributed by atoms with Crippen molar-refractivity contribution in [3.05, 3.63) is 0 Å². The summed E-state index contributed by atoms with van der Waals surface area (Å²) in [7, 11) is -4.64. The Kier molecular flexibility index (Phi) is 25.7. The van der Waals surface area contributed by atoms with Gasteiger partial charge in [0.1, 0.15) is 0 Å². The summed E-state index contributed by atoms with van der Waals surface area (Å²) in [5.74, 6) is 0. The van der Waals surface area contributed by atoms with Crippen molar-refractivity contribution >= 4 is 25.2 Å². The largest absolute Gasteiger partial charge is 1.00 e. The molecule has 0 aromatic heterocycles. The average molecular weight is 208 g/mol. The Morgan fingerprint density at radius 3 is 1.25 bits per heavy atom. The zero-order valence-electron chi connectivity index (χ0n) is 4.55. The normalized spacial score (nSPS) is 7.38. The zero-order chi connectivity index (χ0) is 4.50. The molecule has 0 aromatic rings. The quantitative estimate of drug-likeness (QED) is 0.275. The van der Waals surface area contributed by atoms with Gasteiger partial charge < -0.3 is 16.1 Å². The maximum Gasteiger partial charge on any atom is 1.00 e. The second-order valence-electron chi connectivity index (χ2n) is 0.513. The Morgan fingerprint density at radius 2 is 1.25 bits per heavy atom. The summed E-state index contributed by atoms with van der Waals surface area (Å²) in [5.41, 5.74) is 0. The molecule has 0 bridgehead atoms. The number of hydrogen-bond acceptors (Lipinski definition) is 1. The number of hydrogen-bond donors (Lipinski definition) is 3. The van der Waals surface area contributed by atoms with Gasteiger partial charge in [-0.05, 0) is 0 Å². The van der Waals surface area contributed by atoms with Crippen LogP contribution in [-0.4, -0.2) is 32.0 Å². The van der Waals surface area contributed by atoms with Crippen molar-refractivity contribution in [2.45, 2.75) is 0 Å². The van der Waals surface area contributed by atoms with Gasteiger partial charge in [0.25, 0.3) is 0 Å². The van der Waals surface area contributed by atoms with Crippen molar-refractivity contribution in [3.63, 3.8) is 0 Å². The molecule has 0 amide bonds. The van der Waals surface area contributed by atoms with Crippen LogP contribution in [0.5, 0.6) is 0 Å². The molecule has 3 N–H and O–H groups in total. The fourth-order valence-electron chi connectivity index (χ4n) is 0. The third kappa shape index (κ3) is 89.6. The third-order valence-electron chi connectivity index (χ3n) is 0. The summed E-state index contributed by atoms with van der Waals surface area (Å²) in [6.45, 7) is 0. The summed E-state index contributed by atoms with van der Waals surface area (Å²) in [6, 6.07) is 0. The molecule has 0 aromatic carbocycles. The van der Waals surface area contributed by atoms with Crippen molar-refractivity contribution in [3.8, 4) is 0 Å². The van der Waals surface area contributed by atoms with Gasteiger partial charge in [-0.15, -0.1) is 0 Å². The molecule has 0 aliphatic rings. The van der Waals surface area contributed by atoms with E-state index < -0.39 is 7.82 Å². The van der Waals surface area contributed by atoms with E-state index in [0.717, 1.165) is 0 Å². The summed E-state index contributed by atoms with van der Waals surface area (Å²) in [4.78, 5) is 21.6. The molecule has 48 valence electrons. The monoisotopic (exact) mass is 208 g/mol. The molecule has 0 unspecified atom stereocenters. The fourth-order valence-corrected chi connectivity index (χ4v) is 0. The van der Waals surface area contributed by atoms with Crippen LogP contribution in [0.3, 0.4) is 0 Å². The molecule has 8 heteroatoms. The molecule has 0 aliphatic heterocycles. The van der Waals surface area contributed by atoms with Crippen molar-refractivity contribution in [1.29, 1.82) is 0 Å². The second-order valence-corrected chi connectivity index (χ2v) is 1.54. The van der Waals surface area contributed by atoms with Gasteiger partial charge >= 0.3 is 37.4 Å². The van der Waals surface area contributed by atoms with Crippen LogP contribution >= 0.6 is 7.82 Å². The Labute approximate surface area is 91.7 Å². The zero-order valence-corrected chi connectivity index (χ0v) is 7.55. The van der Waals surface area contributed by atoms with E-state index in [4.69, 9.17) is 19.2 Å². The molecule has 0 spiro atoms. The maximum atomic E-state index is 8.88. The standard InChI is InChI=1S/Al.Fe.Na.H3O4P.4H/c;;;1-5(2,3)4;;;;/h;;;(H3,1,2,3,4);;;;/q;;+1;;;;;-1. The molecule has 0 heterocycles. The molecule has 0 saturated heterocycles. The molecule has 8 heavy (non-hydrogen) atoms. The van der Waals surface area contributed by atoms with E-state index in [9.17, 15) is 0 Å². The van der Waals surface area contributed by atoms with Crippen molar-refractivity contribution in [2.24, 2.45) is 0 Å². The summed E-state index contributed by atoms with van der Waals surface area (Å²) in [5, 5.41) is 0. The molecule has 0 atom stereocenters. The van der Waals surface area contributed by atoms with Crippen LogP contribution in [0.1, 0.15) is 1.43 Å². The van der Waals surface area contributed by atoms with Crippen LogP contribution < -0.4 is 29.6 Å². The van der Waals surface area contributed by atoms with Gasteiger partial charge in [-0.3, -0.25) is 0 Å². The van der Waals surface area contributed by atoms with Gasteiger partial charge in [0.15, 0.2) is 17.4 Å². The van der Waals surface area contributed by atoms with Crippen molar-refractivity contribution < 1.29 is 67.3 Å². The molecular formula is H7AlFeNaO4P. The van der Waals surface area contributed by atoms with E-state index in [1.807, 2.05) is 0 Å². The minimum Gasteiger partial charge on any atom is -1.00 e. The van der Waals surface area contributed by atoms with Gasteiger partial charge in [-0.25, -0.2) is 4.57 Å². The minimum atomic E-state index is -4.64. The van der Waals surface area contributed by atoms with Gasteiger partial charge in [0.05, 0.1) is 0 Å². The molecule has 4 nitrogen and oxygen atoms in total. The van der Waals surface area contributed by atoms with Gasteiger partial charge in [-0.2, -0.15) is 0 Å². The first-order valence-electron chi connectivity index (χ1n) is 0.783.